The first kappa shape index (κ1) is 16.4. The van der Waals surface area contributed by atoms with Crippen molar-refractivity contribution in [2.75, 3.05) is 39.9 Å². The van der Waals surface area contributed by atoms with Crippen LogP contribution < -0.4 is 5.32 Å². The number of carbonyl (C=O) groups is 1. The molecule has 1 unspecified atom stereocenters. The Morgan fingerprint density at radius 2 is 2.11 bits per heavy atom. The third kappa shape index (κ3) is 5.09. The molecule has 1 aliphatic heterocycles. The molecule has 2 N–H and O–H groups in total. The van der Waals surface area contributed by atoms with Gasteiger partial charge in [0, 0.05) is 20.3 Å². The van der Waals surface area contributed by atoms with Gasteiger partial charge in [-0.3, -0.25) is 4.79 Å². The van der Waals surface area contributed by atoms with Gasteiger partial charge < -0.3 is 20.1 Å². The molecule has 0 aliphatic carbocycles. The summed E-state index contributed by atoms with van der Waals surface area (Å²) in [5, 5.41) is 12.6. The molecule has 1 aliphatic rings. The summed E-state index contributed by atoms with van der Waals surface area (Å²) >= 11 is 0. The highest BCUT2D eigenvalue weighted by molar-refractivity contribution is 5.78. The first-order chi connectivity index (χ1) is 9.01. The average molecular weight is 272 g/mol. The molecule has 0 aromatic rings. The summed E-state index contributed by atoms with van der Waals surface area (Å²) in [5.41, 5.74) is -0.843. The fourth-order valence-corrected chi connectivity index (χ4v) is 2.59. The van der Waals surface area contributed by atoms with Crippen molar-refractivity contribution in [2.24, 2.45) is 5.92 Å². The number of likely N-dealkylation sites (tertiary alicyclic amines) is 1. The molecule has 0 aromatic heterocycles. The summed E-state index contributed by atoms with van der Waals surface area (Å²) in [6.45, 7) is 7.89. The average Bonchev–Trinajstić information content (AvgIpc) is 2.39. The monoisotopic (exact) mass is 272 g/mol. The normalized spacial score (nSPS) is 21.2. The molecular formula is C14H28N2O3. The fraction of sp³-hybridized carbons (Fsp3) is 0.929. The predicted octanol–water partition coefficient (Wildman–Crippen LogP) is 1.19. The molecule has 1 saturated heterocycles. The molecule has 0 saturated carbocycles. The van der Waals surface area contributed by atoms with Crippen LogP contribution in [-0.2, 0) is 9.53 Å². The number of carboxylic acid groups (broad SMARTS) is 1. The minimum Gasteiger partial charge on any atom is -0.480 e. The van der Waals surface area contributed by atoms with Gasteiger partial charge in [0.05, 0.1) is 0 Å². The number of ether oxygens (including phenoxy) is 1. The lowest BCUT2D eigenvalue weighted by Crippen LogP contribution is -2.58. The Morgan fingerprint density at radius 1 is 1.47 bits per heavy atom. The number of aliphatic carboxylic acids is 1. The van der Waals surface area contributed by atoms with Crippen molar-refractivity contribution >= 4 is 5.97 Å². The van der Waals surface area contributed by atoms with Crippen LogP contribution in [-0.4, -0.2) is 61.4 Å². The molecule has 19 heavy (non-hydrogen) atoms. The largest absolute Gasteiger partial charge is 0.480 e. The van der Waals surface area contributed by atoms with Crippen LogP contribution >= 0.6 is 0 Å². The van der Waals surface area contributed by atoms with Crippen molar-refractivity contribution in [3.63, 3.8) is 0 Å². The summed E-state index contributed by atoms with van der Waals surface area (Å²) in [6.07, 6.45) is 3.13. The van der Waals surface area contributed by atoms with Gasteiger partial charge in [0.1, 0.15) is 5.54 Å². The van der Waals surface area contributed by atoms with Crippen LogP contribution in [0.3, 0.4) is 0 Å². The van der Waals surface area contributed by atoms with E-state index in [0.29, 0.717) is 12.5 Å². The molecule has 5 heteroatoms. The number of piperidine rings is 1. The van der Waals surface area contributed by atoms with E-state index in [9.17, 15) is 9.90 Å². The number of rotatable bonds is 8. The van der Waals surface area contributed by atoms with Crippen molar-refractivity contribution in [2.45, 2.75) is 38.6 Å². The first-order valence-corrected chi connectivity index (χ1v) is 7.21. The molecule has 0 radical (unpaired) electrons. The molecule has 1 rings (SSSR count). The molecule has 0 aromatic carbocycles. The number of hydrogen-bond acceptors (Lipinski definition) is 4. The smallest absolute Gasteiger partial charge is 0.324 e. The lowest BCUT2D eigenvalue weighted by atomic mass is 9.95. The highest BCUT2D eigenvalue weighted by atomic mass is 16.5. The van der Waals surface area contributed by atoms with E-state index in [-0.39, 0.29) is 0 Å². The van der Waals surface area contributed by atoms with Gasteiger partial charge in [-0.25, -0.2) is 0 Å². The number of carboxylic acids is 1. The predicted molar refractivity (Wildman–Crippen MR) is 75.4 cm³/mol. The van der Waals surface area contributed by atoms with Crippen molar-refractivity contribution in [3.8, 4) is 0 Å². The van der Waals surface area contributed by atoms with Crippen LogP contribution in [0, 0.1) is 5.92 Å². The second-order valence-electron chi connectivity index (χ2n) is 5.74. The molecule has 1 heterocycles. The zero-order chi connectivity index (χ0) is 14.3. The zero-order valence-electron chi connectivity index (χ0n) is 12.4. The third-order valence-corrected chi connectivity index (χ3v) is 3.89. The summed E-state index contributed by atoms with van der Waals surface area (Å²) in [7, 11) is 1.74. The van der Waals surface area contributed by atoms with E-state index >= 15 is 0 Å². The highest BCUT2D eigenvalue weighted by Gasteiger charge is 2.35. The van der Waals surface area contributed by atoms with E-state index < -0.39 is 11.5 Å². The van der Waals surface area contributed by atoms with Crippen LogP contribution in [0.1, 0.15) is 33.1 Å². The van der Waals surface area contributed by atoms with Gasteiger partial charge in [0.2, 0.25) is 0 Å². The molecule has 112 valence electrons. The van der Waals surface area contributed by atoms with E-state index in [0.717, 1.165) is 45.5 Å². The number of hydrogen-bond donors (Lipinski definition) is 2. The van der Waals surface area contributed by atoms with Gasteiger partial charge in [-0.1, -0.05) is 6.92 Å². The Bertz CT molecular complexity index is 278. The second kappa shape index (κ2) is 7.82. The first-order valence-electron chi connectivity index (χ1n) is 7.21. The summed E-state index contributed by atoms with van der Waals surface area (Å²) < 4.78 is 5.18. The van der Waals surface area contributed by atoms with Crippen molar-refractivity contribution in [3.05, 3.63) is 0 Å². The molecular weight excluding hydrogens is 244 g/mol. The Kier molecular flexibility index (Phi) is 6.75. The van der Waals surface area contributed by atoms with Crippen LogP contribution in [0.2, 0.25) is 0 Å². The van der Waals surface area contributed by atoms with Gasteiger partial charge >= 0.3 is 5.97 Å². The Morgan fingerprint density at radius 3 is 2.58 bits per heavy atom. The molecule has 0 amide bonds. The molecule has 1 fully saturated rings. The van der Waals surface area contributed by atoms with E-state index in [2.05, 4.69) is 10.2 Å². The second-order valence-corrected chi connectivity index (χ2v) is 5.74. The SMILES string of the molecule is CCCNC(C)(CN1CCC(COC)CC1)C(=O)O. The quantitative estimate of drug-likeness (QED) is 0.695. The fourth-order valence-electron chi connectivity index (χ4n) is 2.59. The Hall–Kier alpha value is -0.650. The molecule has 0 bridgehead atoms. The number of nitrogens with zero attached hydrogens (tertiary/aromatic N) is 1. The van der Waals surface area contributed by atoms with Gasteiger partial charge in [0.25, 0.3) is 0 Å². The summed E-state index contributed by atoms with van der Waals surface area (Å²) in [5.74, 6) is -0.138. The third-order valence-electron chi connectivity index (χ3n) is 3.89. The highest BCUT2D eigenvalue weighted by Crippen LogP contribution is 2.19. The number of methoxy groups -OCH3 is 1. The van der Waals surface area contributed by atoms with Crippen molar-refractivity contribution in [1.29, 1.82) is 0 Å². The standard InChI is InChI=1S/C14H28N2O3/c1-4-7-15-14(2,13(17)18)11-16-8-5-12(6-9-16)10-19-3/h12,15H,4-11H2,1-3H3,(H,17,18). The molecule has 1 atom stereocenters. The Balaban J connectivity index is 2.45. The van der Waals surface area contributed by atoms with Gasteiger partial charge in [-0.15, -0.1) is 0 Å². The van der Waals surface area contributed by atoms with E-state index in [1.165, 1.54) is 0 Å². The molecule has 5 nitrogen and oxygen atoms in total. The van der Waals surface area contributed by atoms with Crippen LogP contribution in [0.15, 0.2) is 0 Å². The maximum absolute atomic E-state index is 11.5. The van der Waals surface area contributed by atoms with Crippen molar-refractivity contribution in [1.82, 2.24) is 10.2 Å². The maximum Gasteiger partial charge on any atom is 0.324 e. The Labute approximate surface area is 116 Å². The lowest BCUT2D eigenvalue weighted by molar-refractivity contribution is -0.145. The van der Waals surface area contributed by atoms with Crippen LogP contribution in [0.5, 0.6) is 0 Å². The minimum atomic E-state index is -0.843. The van der Waals surface area contributed by atoms with Crippen LogP contribution in [0.4, 0.5) is 0 Å². The summed E-state index contributed by atoms with van der Waals surface area (Å²) in [4.78, 5) is 13.7. The molecule has 0 spiro atoms. The van der Waals surface area contributed by atoms with E-state index in [1.807, 2.05) is 6.92 Å². The zero-order valence-corrected chi connectivity index (χ0v) is 12.4. The van der Waals surface area contributed by atoms with Crippen LogP contribution in [0.25, 0.3) is 0 Å². The lowest BCUT2D eigenvalue weighted by Gasteiger charge is -2.37. The minimum absolute atomic E-state index is 0.571. The topological polar surface area (TPSA) is 61.8 Å². The number of nitrogens with one attached hydrogen (secondary N) is 1. The van der Waals surface area contributed by atoms with E-state index in [1.54, 1.807) is 14.0 Å². The van der Waals surface area contributed by atoms with Gasteiger partial charge in [-0.05, 0) is 51.7 Å². The van der Waals surface area contributed by atoms with E-state index in [4.69, 9.17) is 4.74 Å². The summed E-state index contributed by atoms with van der Waals surface area (Å²) in [6, 6.07) is 0. The van der Waals surface area contributed by atoms with Gasteiger partial charge in [0.15, 0.2) is 0 Å². The van der Waals surface area contributed by atoms with Crippen molar-refractivity contribution < 1.29 is 14.6 Å². The maximum atomic E-state index is 11.5. The van der Waals surface area contributed by atoms with Gasteiger partial charge in [-0.2, -0.15) is 0 Å².